The van der Waals surface area contributed by atoms with E-state index in [-0.39, 0.29) is 0 Å². The summed E-state index contributed by atoms with van der Waals surface area (Å²) in [6.45, 7) is 0. The van der Waals surface area contributed by atoms with Gasteiger partial charge in [0.05, 0.1) is 0 Å². The van der Waals surface area contributed by atoms with Crippen molar-refractivity contribution in [3.63, 3.8) is 0 Å². The van der Waals surface area contributed by atoms with E-state index in [1.807, 2.05) is 0 Å². The lowest BCUT2D eigenvalue weighted by molar-refractivity contribution is -0.0423. The topological polar surface area (TPSA) is 298 Å². The summed E-state index contributed by atoms with van der Waals surface area (Å²) >= 11 is 0. The highest BCUT2D eigenvalue weighted by molar-refractivity contribution is 6.80. The second-order valence-electron chi connectivity index (χ2n) is 3.90. The Morgan fingerprint density at radius 2 is 0.333 bits per heavy atom. The van der Waals surface area contributed by atoms with Crippen LogP contribution >= 0.6 is 0 Å². The van der Waals surface area contributed by atoms with Gasteiger partial charge in [0, 0.05) is 0 Å². The van der Waals surface area contributed by atoms with Crippen molar-refractivity contribution in [3.05, 3.63) is 0 Å². The largest absolute Gasteiger partial charge is 0.662 e. The Hall–Kier alpha value is 0.581. The Bertz CT molecular complexity index is 316. The van der Waals surface area contributed by atoms with Gasteiger partial charge in [-0.1, -0.05) is 0 Å². The molecule has 0 aliphatic carbocycles. The van der Waals surface area contributed by atoms with E-state index in [9.17, 15) is 57.5 Å². The molecule has 1 saturated heterocycles. The fourth-order valence-electron chi connectivity index (χ4n) is 1.16. The van der Waals surface area contributed by atoms with E-state index in [0.717, 1.165) is 0 Å². The molecule has 1 heterocycles. The van der Waals surface area contributed by atoms with Crippen LogP contribution in [0.3, 0.4) is 0 Å². The van der Waals surface area contributed by atoms with E-state index < -0.39 is 54.3 Å². The average molecular weight is 469 g/mol. The predicted octanol–water partition coefficient (Wildman–Crippen LogP) is -9.38. The maximum atomic E-state index is 9.22. The Labute approximate surface area is 137 Å². The first-order valence-corrected chi connectivity index (χ1v) is 15.4. The van der Waals surface area contributed by atoms with Crippen LogP contribution in [0.5, 0.6) is 0 Å². The Morgan fingerprint density at radius 1 is 0.250 bits per heavy atom. The quantitative estimate of drug-likeness (QED) is 0.147. The van der Waals surface area contributed by atoms with Crippen LogP contribution in [0.2, 0.25) is 0 Å². The van der Waals surface area contributed by atoms with Crippen molar-refractivity contribution in [2.24, 2.45) is 0 Å². The molecule has 18 nitrogen and oxygen atoms in total. The van der Waals surface area contributed by atoms with Crippen LogP contribution in [0, 0.1) is 0 Å². The zero-order chi connectivity index (χ0) is 19.2. The minimum atomic E-state index is -5.95. The van der Waals surface area contributed by atoms with Gasteiger partial charge >= 0.3 is 54.3 Å². The van der Waals surface area contributed by atoms with Gasteiger partial charge < -0.3 is 82.2 Å². The fraction of sp³-hybridized carbons (Fsp3) is 0. The molecule has 0 amide bonds. The van der Waals surface area contributed by atoms with Crippen LogP contribution < -0.4 is 0 Å². The standard InChI is InChI=1S/H12O18Si6/c1-19(2)13-20(3,4)15-22(7,8)17-24(11,12)18-23(9,10)16-21(5,6)14-19/h1-12H. The molecule has 0 spiro atoms. The molecule has 1 aliphatic heterocycles. The number of rotatable bonds is 0. The number of hydrogen-bond donors (Lipinski definition) is 12. The molecule has 0 bridgehead atoms. The highest BCUT2D eigenvalue weighted by Gasteiger charge is 2.68. The number of hydrogen-bond acceptors (Lipinski definition) is 18. The molecule has 0 aromatic carbocycles. The van der Waals surface area contributed by atoms with Crippen LogP contribution in [0.4, 0.5) is 0 Å². The van der Waals surface area contributed by atoms with E-state index in [4.69, 9.17) is 0 Å². The molecule has 0 atom stereocenters. The van der Waals surface area contributed by atoms with E-state index in [1.54, 1.807) is 0 Å². The van der Waals surface area contributed by atoms with Crippen molar-refractivity contribution in [3.8, 4) is 0 Å². The van der Waals surface area contributed by atoms with Crippen LogP contribution in [0.1, 0.15) is 0 Å². The normalized spacial score (nSPS) is 31.5. The van der Waals surface area contributed by atoms with Gasteiger partial charge in [-0.25, -0.2) is 0 Å². The lowest BCUT2D eigenvalue weighted by Crippen LogP contribution is -2.71. The predicted molar refractivity (Wildman–Crippen MR) is 67.7 cm³/mol. The summed E-state index contributed by atoms with van der Waals surface area (Å²) in [6, 6.07) is 0. The van der Waals surface area contributed by atoms with E-state index in [2.05, 4.69) is 24.7 Å². The third-order valence-corrected chi connectivity index (χ3v) is 14.4. The van der Waals surface area contributed by atoms with Gasteiger partial charge in [-0.15, -0.1) is 0 Å². The van der Waals surface area contributed by atoms with Crippen LogP contribution in [0.15, 0.2) is 0 Å². The molecule has 24 heavy (non-hydrogen) atoms. The van der Waals surface area contributed by atoms with Crippen LogP contribution in [-0.2, 0) is 24.7 Å². The Balaban J connectivity index is 3.24. The smallest absolute Gasteiger partial charge is 0.368 e. The summed E-state index contributed by atoms with van der Waals surface area (Å²) in [4.78, 5) is 111. The average Bonchev–Trinajstić information content (AvgIpc) is 1.98. The molecule has 0 aromatic rings. The van der Waals surface area contributed by atoms with Crippen molar-refractivity contribution in [1.82, 2.24) is 0 Å². The minimum Gasteiger partial charge on any atom is -0.368 e. The van der Waals surface area contributed by atoms with Gasteiger partial charge in [0.15, 0.2) is 0 Å². The van der Waals surface area contributed by atoms with Gasteiger partial charge in [0.2, 0.25) is 0 Å². The summed E-state index contributed by atoms with van der Waals surface area (Å²) < 4.78 is 22.2. The third kappa shape index (κ3) is 7.86. The van der Waals surface area contributed by atoms with Crippen molar-refractivity contribution in [2.75, 3.05) is 0 Å². The van der Waals surface area contributed by atoms with E-state index in [0.29, 0.717) is 0 Å². The van der Waals surface area contributed by atoms with Crippen LogP contribution in [-0.4, -0.2) is 112 Å². The fourth-order valence-corrected chi connectivity index (χ4v) is 12.7. The molecule has 12 N–H and O–H groups in total. The molecule has 0 aromatic heterocycles. The molecule has 144 valence electrons. The van der Waals surface area contributed by atoms with Gasteiger partial charge in [-0.05, 0) is 0 Å². The van der Waals surface area contributed by atoms with Gasteiger partial charge in [0.25, 0.3) is 0 Å². The lowest BCUT2D eigenvalue weighted by atomic mass is 15.5. The molecular weight excluding hydrogens is 456 g/mol. The van der Waals surface area contributed by atoms with Gasteiger partial charge in [0.1, 0.15) is 0 Å². The van der Waals surface area contributed by atoms with Gasteiger partial charge in [-0.2, -0.15) is 0 Å². The highest BCUT2D eigenvalue weighted by atomic mass is 28.6. The van der Waals surface area contributed by atoms with Gasteiger partial charge in [-0.3, -0.25) is 0 Å². The zero-order valence-electron chi connectivity index (χ0n) is 10.8. The van der Waals surface area contributed by atoms with E-state index in [1.165, 1.54) is 0 Å². The first-order valence-electron chi connectivity index (χ1n) is 5.13. The first-order chi connectivity index (χ1) is 10.2. The second kappa shape index (κ2) is 6.63. The SMILES string of the molecule is O[Si]1(O)O[Si](O)(O)O[Si](O)(O)O[Si](O)(O)O[Si](O)(O)O[Si](O)(O)O1. The summed E-state index contributed by atoms with van der Waals surface area (Å²) in [5, 5.41) is 0. The zero-order valence-corrected chi connectivity index (χ0v) is 16.8. The summed E-state index contributed by atoms with van der Waals surface area (Å²) in [5.41, 5.74) is 0. The van der Waals surface area contributed by atoms with Crippen molar-refractivity contribution in [1.29, 1.82) is 0 Å². The second-order valence-corrected chi connectivity index (χ2v) is 15.4. The van der Waals surface area contributed by atoms with Crippen LogP contribution in [0.25, 0.3) is 0 Å². The molecule has 24 heteroatoms. The van der Waals surface area contributed by atoms with Crippen molar-refractivity contribution in [2.45, 2.75) is 0 Å². The molecule has 1 fully saturated rings. The monoisotopic (exact) mass is 468 g/mol. The maximum absolute atomic E-state index is 9.22. The van der Waals surface area contributed by atoms with E-state index >= 15 is 0 Å². The maximum Gasteiger partial charge on any atom is 0.662 e. The summed E-state index contributed by atoms with van der Waals surface area (Å²) in [5.74, 6) is 0. The van der Waals surface area contributed by atoms with Crippen molar-refractivity contribution >= 4 is 54.3 Å². The molecular formula is H12O18Si6. The molecule has 1 rings (SSSR count). The molecule has 0 saturated carbocycles. The minimum absolute atomic E-state index is 3.69. The lowest BCUT2D eigenvalue weighted by Gasteiger charge is -2.34. The molecule has 0 radical (unpaired) electrons. The highest BCUT2D eigenvalue weighted by Crippen LogP contribution is 2.21. The molecule has 0 unspecified atom stereocenters. The Morgan fingerprint density at radius 3 is 0.417 bits per heavy atom. The summed E-state index contributed by atoms with van der Waals surface area (Å²) in [7, 11) is -35.7. The van der Waals surface area contributed by atoms with Crippen molar-refractivity contribution < 1.29 is 82.2 Å². The Kier molecular flexibility index (Phi) is 6.25. The molecule has 1 aliphatic rings. The summed E-state index contributed by atoms with van der Waals surface area (Å²) in [6.07, 6.45) is 0. The third-order valence-electron chi connectivity index (χ3n) is 1.60. The first kappa shape index (κ1) is 22.6.